The number of benzene rings is 2. The van der Waals surface area contributed by atoms with Crippen molar-refractivity contribution in [3.8, 4) is 5.75 Å². The number of rotatable bonds is 4. The molecule has 0 atom stereocenters. The van der Waals surface area contributed by atoms with Gasteiger partial charge in [0.05, 0.1) is 22.4 Å². The van der Waals surface area contributed by atoms with E-state index in [9.17, 15) is 14.9 Å². The Morgan fingerprint density at radius 2 is 2.15 bits per heavy atom. The summed E-state index contributed by atoms with van der Waals surface area (Å²) in [6.07, 6.45) is 0. The largest absolute Gasteiger partial charge is 0.467 e. The number of nitrogens with one attached hydrogen (secondary N) is 1. The molecule has 1 aromatic heterocycles. The maximum absolute atomic E-state index is 12.1. The van der Waals surface area contributed by atoms with Crippen molar-refractivity contribution in [2.24, 2.45) is 0 Å². The van der Waals surface area contributed by atoms with Gasteiger partial charge in [-0.2, -0.15) is 0 Å². The van der Waals surface area contributed by atoms with E-state index in [0.29, 0.717) is 38.7 Å². The third-order valence-corrected chi connectivity index (χ3v) is 4.86. The number of non-ortho nitro benzene ring substituents is 1. The molecule has 4 rings (SSSR count). The minimum Gasteiger partial charge on any atom is -0.467 e. The Morgan fingerprint density at radius 1 is 1.31 bits per heavy atom. The zero-order chi connectivity index (χ0) is 18.1. The highest BCUT2D eigenvalue weighted by Gasteiger charge is 2.21. The Hall–Kier alpha value is -2.91. The number of thioether (sulfide) groups is 1. The third-order valence-electron chi connectivity index (χ3n) is 3.94. The highest BCUT2D eigenvalue weighted by atomic mass is 32.2. The Bertz CT molecular complexity index is 1070. The van der Waals surface area contributed by atoms with Crippen LogP contribution in [0.3, 0.4) is 0 Å². The van der Waals surface area contributed by atoms with Gasteiger partial charge in [0.1, 0.15) is 5.75 Å². The average Bonchev–Trinajstić information content (AvgIpc) is 2.66. The molecule has 1 N–H and O–H groups in total. The van der Waals surface area contributed by atoms with Crippen molar-refractivity contribution in [1.82, 2.24) is 9.97 Å². The van der Waals surface area contributed by atoms with Crippen molar-refractivity contribution in [2.75, 3.05) is 6.79 Å². The molecule has 3 aromatic rings. The van der Waals surface area contributed by atoms with E-state index < -0.39 is 4.92 Å². The summed E-state index contributed by atoms with van der Waals surface area (Å²) < 4.78 is 10.7. The van der Waals surface area contributed by atoms with Gasteiger partial charge >= 0.3 is 0 Å². The van der Waals surface area contributed by atoms with Crippen LogP contribution >= 0.6 is 11.8 Å². The van der Waals surface area contributed by atoms with Crippen LogP contribution in [-0.4, -0.2) is 21.7 Å². The lowest BCUT2D eigenvalue weighted by molar-refractivity contribution is -0.385. The molecule has 0 fully saturated rings. The molecule has 9 heteroatoms. The van der Waals surface area contributed by atoms with Crippen LogP contribution in [0.4, 0.5) is 5.69 Å². The van der Waals surface area contributed by atoms with Gasteiger partial charge in [0.15, 0.2) is 11.9 Å². The van der Waals surface area contributed by atoms with E-state index in [4.69, 9.17) is 9.47 Å². The van der Waals surface area contributed by atoms with Crippen LogP contribution < -0.4 is 10.3 Å². The molecule has 132 valence electrons. The van der Waals surface area contributed by atoms with Gasteiger partial charge < -0.3 is 14.5 Å². The van der Waals surface area contributed by atoms with Gasteiger partial charge in [-0.05, 0) is 12.1 Å². The first-order valence-corrected chi connectivity index (χ1v) is 8.73. The van der Waals surface area contributed by atoms with E-state index in [1.54, 1.807) is 18.2 Å². The van der Waals surface area contributed by atoms with Crippen LogP contribution in [0, 0.1) is 10.1 Å². The molecule has 0 saturated carbocycles. The zero-order valence-corrected chi connectivity index (χ0v) is 14.2. The van der Waals surface area contributed by atoms with Gasteiger partial charge in [0, 0.05) is 29.0 Å². The molecule has 0 amide bonds. The summed E-state index contributed by atoms with van der Waals surface area (Å²) >= 11 is 1.29. The molecule has 26 heavy (non-hydrogen) atoms. The summed E-state index contributed by atoms with van der Waals surface area (Å²) in [5, 5.41) is 12.1. The number of fused-ring (bicyclic) bond motifs is 2. The minimum absolute atomic E-state index is 0.0200. The molecule has 0 bridgehead atoms. The molecular weight excluding hydrogens is 358 g/mol. The highest BCUT2D eigenvalue weighted by molar-refractivity contribution is 7.98. The van der Waals surface area contributed by atoms with Crippen molar-refractivity contribution < 1.29 is 14.4 Å². The third kappa shape index (κ3) is 3.14. The number of hydrogen-bond donors (Lipinski definition) is 1. The number of nitrogens with zero attached hydrogens (tertiary/aromatic N) is 2. The van der Waals surface area contributed by atoms with Crippen LogP contribution in [0.1, 0.15) is 11.1 Å². The number of aromatic nitrogens is 2. The summed E-state index contributed by atoms with van der Waals surface area (Å²) in [5.41, 5.74) is 1.67. The smallest absolute Gasteiger partial charge is 0.270 e. The lowest BCUT2D eigenvalue weighted by atomic mass is 10.1. The van der Waals surface area contributed by atoms with Gasteiger partial charge in [0.25, 0.3) is 11.2 Å². The monoisotopic (exact) mass is 371 g/mol. The summed E-state index contributed by atoms with van der Waals surface area (Å²) in [7, 11) is 0. The average molecular weight is 371 g/mol. The van der Waals surface area contributed by atoms with E-state index >= 15 is 0 Å². The van der Waals surface area contributed by atoms with Crippen LogP contribution in [0.5, 0.6) is 5.75 Å². The van der Waals surface area contributed by atoms with E-state index in [1.807, 2.05) is 6.07 Å². The van der Waals surface area contributed by atoms with E-state index in [-0.39, 0.29) is 24.6 Å². The predicted octanol–water partition coefficient (Wildman–Crippen LogP) is 2.99. The Balaban J connectivity index is 1.66. The van der Waals surface area contributed by atoms with Gasteiger partial charge in [0.2, 0.25) is 0 Å². The number of ether oxygens (including phenoxy) is 2. The topological polar surface area (TPSA) is 107 Å². The lowest BCUT2D eigenvalue weighted by Gasteiger charge is -2.20. The van der Waals surface area contributed by atoms with Gasteiger partial charge in [-0.15, -0.1) is 0 Å². The molecule has 2 heterocycles. The van der Waals surface area contributed by atoms with Crippen LogP contribution in [0.15, 0.2) is 46.3 Å². The standard InChI is InChI=1S/C17H13N3O5S/c21-16-13-3-1-2-4-14(13)18-17(19-16)26-8-11-6-12(20(22)23)5-10-7-24-9-25-15(10)11/h1-6H,7-9H2,(H,18,19,21). The molecular formula is C17H13N3O5S. The van der Waals surface area contributed by atoms with Crippen molar-refractivity contribution in [1.29, 1.82) is 0 Å². The Labute approximate surface area is 151 Å². The summed E-state index contributed by atoms with van der Waals surface area (Å²) in [5.74, 6) is 0.961. The molecule has 0 spiro atoms. The number of nitro benzene ring substituents is 1. The fourth-order valence-corrected chi connectivity index (χ4v) is 3.61. The Morgan fingerprint density at radius 3 is 3.00 bits per heavy atom. The normalized spacial score (nSPS) is 13.2. The van der Waals surface area contributed by atoms with Gasteiger partial charge in [-0.3, -0.25) is 14.9 Å². The SMILES string of the molecule is O=c1[nH]c(SCc2cc([N+](=O)[O-])cc3c2OCOC3)nc2ccccc12. The predicted molar refractivity (Wildman–Crippen MR) is 95.3 cm³/mol. The quantitative estimate of drug-likeness (QED) is 0.325. The highest BCUT2D eigenvalue weighted by Crippen LogP contribution is 2.35. The summed E-state index contributed by atoms with van der Waals surface area (Å²) in [6.45, 7) is 0.368. The maximum atomic E-state index is 12.1. The molecule has 8 nitrogen and oxygen atoms in total. The van der Waals surface area contributed by atoms with Crippen molar-refractivity contribution >= 4 is 28.4 Å². The Kier molecular flexibility index (Phi) is 4.31. The number of para-hydroxylation sites is 1. The van der Waals surface area contributed by atoms with Crippen LogP contribution in [0.2, 0.25) is 0 Å². The van der Waals surface area contributed by atoms with Crippen molar-refractivity contribution in [3.05, 3.63) is 68.0 Å². The molecule has 0 saturated heterocycles. The zero-order valence-electron chi connectivity index (χ0n) is 13.4. The van der Waals surface area contributed by atoms with Gasteiger partial charge in [-0.25, -0.2) is 4.98 Å². The first kappa shape index (κ1) is 16.6. The molecule has 2 aromatic carbocycles. The van der Waals surface area contributed by atoms with E-state index in [2.05, 4.69) is 9.97 Å². The van der Waals surface area contributed by atoms with E-state index in [1.165, 1.54) is 23.9 Å². The van der Waals surface area contributed by atoms with Crippen LogP contribution in [-0.2, 0) is 17.1 Å². The number of aromatic amines is 1. The van der Waals surface area contributed by atoms with Crippen molar-refractivity contribution in [3.63, 3.8) is 0 Å². The number of H-pyrrole nitrogens is 1. The minimum atomic E-state index is -0.445. The van der Waals surface area contributed by atoms with Gasteiger partial charge in [-0.1, -0.05) is 23.9 Å². The molecule has 0 radical (unpaired) electrons. The number of hydrogen-bond acceptors (Lipinski definition) is 7. The first-order chi connectivity index (χ1) is 12.6. The maximum Gasteiger partial charge on any atom is 0.270 e. The second-order valence-electron chi connectivity index (χ2n) is 5.64. The lowest BCUT2D eigenvalue weighted by Crippen LogP contribution is -2.13. The molecule has 1 aliphatic heterocycles. The van der Waals surface area contributed by atoms with Crippen molar-refractivity contribution in [2.45, 2.75) is 17.5 Å². The molecule has 0 aliphatic carbocycles. The van der Waals surface area contributed by atoms with E-state index in [0.717, 1.165) is 0 Å². The van der Waals surface area contributed by atoms with Crippen LogP contribution in [0.25, 0.3) is 10.9 Å². The molecule has 1 aliphatic rings. The fourth-order valence-electron chi connectivity index (χ4n) is 2.77. The summed E-state index contributed by atoms with van der Waals surface area (Å²) in [4.78, 5) is 30.0. The number of nitro groups is 1. The fraction of sp³-hybridized carbons (Fsp3) is 0.176. The second-order valence-corrected chi connectivity index (χ2v) is 6.60. The summed E-state index contributed by atoms with van der Waals surface area (Å²) in [6, 6.07) is 10.0. The first-order valence-electron chi connectivity index (χ1n) is 7.74. The second kappa shape index (κ2) is 6.77. The molecule has 0 unspecified atom stereocenters.